The fraction of sp³-hybridized carbons (Fsp3) is 0.100. The number of allylic oxidation sites excluding steroid dienone is 4. The summed E-state index contributed by atoms with van der Waals surface area (Å²) in [4.78, 5) is 23.8. The van der Waals surface area contributed by atoms with Crippen LogP contribution in [0.5, 0.6) is 0 Å². The van der Waals surface area contributed by atoms with Gasteiger partial charge in [-0.1, -0.05) is 48.3 Å². The number of hydrogen-bond acceptors (Lipinski definition) is 3. The van der Waals surface area contributed by atoms with Crippen LogP contribution in [0.3, 0.4) is 0 Å². The molecule has 23 heavy (non-hydrogen) atoms. The Hall–Kier alpha value is -3.12. The van der Waals surface area contributed by atoms with E-state index in [4.69, 9.17) is 4.74 Å². The quantitative estimate of drug-likeness (QED) is 0.424. The van der Waals surface area contributed by atoms with Crippen LogP contribution in [-0.4, -0.2) is 11.9 Å². The average molecular weight is 300 g/mol. The first-order chi connectivity index (χ1) is 11.2. The molecule has 110 valence electrons. The van der Waals surface area contributed by atoms with E-state index in [1.807, 2.05) is 24.3 Å². The minimum Gasteiger partial charge on any atom is -0.386 e. The second-order valence-corrected chi connectivity index (χ2v) is 5.49. The van der Waals surface area contributed by atoms with E-state index >= 15 is 0 Å². The van der Waals surface area contributed by atoms with Crippen LogP contribution < -0.4 is 0 Å². The highest BCUT2D eigenvalue weighted by Crippen LogP contribution is 2.30. The maximum atomic E-state index is 11.9. The van der Waals surface area contributed by atoms with Gasteiger partial charge in [-0.25, -0.2) is 9.59 Å². The summed E-state index contributed by atoms with van der Waals surface area (Å²) < 4.78 is 4.77. The molecular formula is C20H12O3. The molecule has 2 aliphatic rings. The van der Waals surface area contributed by atoms with Gasteiger partial charge in [0.15, 0.2) is 0 Å². The molecule has 1 aliphatic heterocycles. The summed E-state index contributed by atoms with van der Waals surface area (Å²) in [6.07, 6.45) is 9.06. The van der Waals surface area contributed by atoms with Crippen LogP contribution >= 0.6 is 0 Å². The molecule has 0 saturated carbocycles. The summed E-state index contributed by atoms with van der Waals surface area (Å²) in [5.74, 6) is 5.42. The zero-order valence-electron chi connectivity index (χ0n) is 12.2. The molecular weight excluding hydrogens is 288 g/mol. The molecule has 4 rings (SSSR count). The minimum atomic E-state index is -0.599. The topological polar surface area (TPSA) is 43.4 Å². The lowest BCUT2D eigenvalue weighted by molar-refractivity contribution is 0.0391. The molecule has 1 aliphatic carbocycles. The number of ether oxygens (including phenoxy) is 1. The normalized spacial score (nSPS) is 18.5. The lowest BCUT2D eigenvalue weighted by Crippen LogP contribution is -2.19. The van der Waals surface area contributed by atoms with E-state index in [1.165, 1.54) is 0 Å². The zero-order valence-corrected chi connectivity index (χ0v) is 12.2. The molecule has 0 fully saturated rings. The number of rotatable bonds is 0. The van der Waals surface area contributed by atoms with Gasteiger partial charge < -0.3 is 4.74 Å². The predicted molar refractivity (Wildman–Crippen MR) is 87.0 cm³/mol. The van der Waals surface area contributed by atoms with Gasteiger partial charge >= 0.3 is 11.9 Å². The fourth-order valence-electron chi connectivity index (χ4n) is 2.91. The van der Waals surface area contributed by atoms with Crippen LogP contribution in [0.4, 0.5) is 0 Å². The van der Waals surface area contributed by atoms with Gasteiger partial charge in [-0.15, -0.1) is 0 Å². The lowest BCUT2D eigenvalue weighted by Gasteiger charge is -2.16. The van der Waals surface area contributed by atoms with E-state index in [1.54, 1.807) is 18.2 Å². The van der Waals surface area contributed by atoms with E-state index in [0.29, 0.717) is 16.5 Å². The highest BCUT2D eigenvalue weighted by atomic mass is 16.6. The van der Waals surface area contributed by atoms with Crippen molar-refractivity contribution in [1.82, 2.24) is 0 Å². The Morgan fingerprint density at radius 3 is 2.61 bits per heavy atom. The van der Waals surface area contributed by atoms with Crippen molar-refractivity contribution in [3.05, 3.63) is 71.3 Å². The number of cyclic esters (lactones) is 2. The molecule has 0 spiro atoms. The Kier molecular flexibility index (Phi) is 3.09. The van der Waals surface area contributed by atoms with Gasteiger partial charge in [-0.2, -0.15) is 0 Å². The van der Waals surface area contributed by atoms with Gasteiger partial charge in [0.25, 0.3) is 0 Å². The summed E-state index contributed by atoms with van der Waals surface area (Å²) in [5, 5.41) is 1.45. The van der Waals surface area contributed by atoms with E-state index < -0.39 is 11.9 Å². The number of carbonyl (C=O) groups excluding carboxylic acids is 2. The number of hydrogen-bond donors (Lipinski definition) is 0. The van der Waals surface area contributed by atoms with Gasteiger partial charge in [-0.3, -0.25) is 0 Å². The van der Waals surface area contributed by atoms with Crippen molar-refractivity contribution >= 4 is 22.7 Å². The highest BCUT2D eigenvalue weighted by molar-refractivity contribution is 6.21. The van der Waals surface area contributed by atoms with Crippen LogP contribution in [0.2, 0.25) is 0 Å². The van der Waals surface area contributed by atoms with Crippen LogP contribution in [0.15, 0.2) is 54.6 Å². The van der Waals surface area contributed by atoms with Crippen molar-refractivity contribution in [1.29, 1.82) is 0 Å². The molecule has 1 heterocycles. The monoisotopic (exact) mass is 300 g/mol. The summed E-state index contributed by atoms with van der Waals surface area (Å²) in [6, 6.07) is 8.84. The first-order valence-electron chi connectivity index (χ1n) is 7.41. The Morgan fingerprint density at radius 1 is 1.00 bits per heavy atom. The van der Waals surface area contributed by atoms with Crippen LogP contribution in [0.1, 0.15) is 32.7 Å². The third kappa shape index (κ3) is 2.25. The average Bonchev–Trinajstić information content (AvgIpc) is 2.59. The van der Waals surface area contributed by atoms with Crippen molar-refractivity contribution in [3.8, 4) is 11.8 Å². The minimum absolute atomic E-state index is 0.192. The van der Waals surface area contributed by atoms with E-state index in [-0.39, 0.29) is 5.92 Å². The summed E-state index contributed by atoms with van der Waals surface area (Å²) >= 11 is 0. The van der Waals surface area contributed by atoms with Crippen LogP contribution in [-0.2, 0) is 4.74 Å². The van der Waals surface area contributed by atoms with Gasteiger partial charge in [0, 0.05) is 16.9 Å². The summed E-state index contributed by atoms with van der Waals surface area (Å²) in [5.41, 5.74) is 1.65. The summed E-state index contributed by atoms with van der Waals surface area (Å²) in [6.45, 7) is 0. The lowest BCUT2D eigenvalue weighted by atomic mass is 9.93. The molecule has 1 atom stereocenters. The van der Waals surface area contributed by atoms with Gasteiger partial charge in [0.1, 0.15) is 0 Å². The number of carbonyl (C=O) groups is 2. The largest absolute Gasteiger partial charge is 0.386 e. The molecule has 3 heteroatoms. The molecule has 0 aromatic heterocycles. The molecule has 3 nitrogen and oxygen atoms in total. The molecule has 0 radical (unpaired) electrons. The SMILES string of the molecule is O=C1OC(=O)c2ccc(C#CC3C=CC=CC3)c3cccc1c23. The zero-order chi connectivity index (χ0) is 15.8. The van der Waals surface area contributed by atoms with Crippen molar-refractivity contribution < 1.29 is 14.3 Å². The third-order valence-electron chi connectivity index (χ3n) is 4.04. The predicted octanol–water partition coefficient (Wildman–Crippen LogP) is 3.63. The highest BCUT2D eigenvalue weighted by Gasteiger charge is 2.27. The standard InChI is InChI=1S/C20H12O3/c21-19-16-8-4-7-15-14(10-9-13-5-2-1-3-6-13)11-12-17(18(15)16)20(22)23-19/h1-5,7-8,11-13H,6H2. The third-order valence-corrected chi connectivity index (χ3v) is 4.04. The smallest absolute Gasteiger partial charge is 0.346 e. The Bertz CT molecular complexity index is 947. The molecule has 2 aromatic carbocycles. The van der Waals surface area contributed by atoms with Crippen molar-refractivity contribution in [2.24, 2.45) is 5.92 Å². The second-order valence-electron chi connectivity index (χ2n) is 5.49. The molecule has 0 saturated heterocycles. The van der Waals surface area contributed by atoms with Crippen molar-refractivity contribution in [2.75, 3.05) is 0 Å². The van der Waals surface area contributed by atoms with E-state index in [9.17, 15) is 9.59 Å². The molecule has 2 aromatic rings. The van der Waals surface area contributed by atoms with Crippen molar-refractivity contribution in [3.63, 3.8) is 0 Å². The summed E-state index contributed by atoms with van der Waals surface area (Å²) in [7, 11) is 0. The molecule has 1 unspecified atom stereocenters. The number of benzene rings is 2. The van der Waals surface area contributed by atoms with E-state index in [2.05, 4.69) is 24.0 Å². The maximum absolute atomic E-state index is 11.9. The number of esters is 2. The molecule has 0 N–H and O–H groups in total. The Balaban J connectivity index is 1.88. The van der Waals surface area contributed by atoms with Crippen LogP contribution in [0.25, 0.3) is 10.8 Å². The Labute approximate surface area is 133 Å². The fourth-order valence-corrected chi connectivity index (χ4v) is 2.91. The van der Waals surface area contributed by atoms with E-state index in [0.717, 1.165) is 17.4 Å². The maximum Gasteiger partial charge on any atom is 0.346 e. The van der Waals surface area contributed by atoms with Gasteiger partial charge in [-0.05, 0) is 30.0 Å². The molecule has 0 bridgehead atoms. The molecule has 0 amide bonds. The van der Waals surface area contributed by atoms with Crippen molar-refractivity contribution in [2.45, 2.75) is 6.42 Å². The second kappa shape index (κ2) is 5.26. The van der Waals surface area contributed by atoms with Gasteiger partial charge in [0.05, 0.1) is 11.1 Å². The first kappa shape index (κ1) is 13.5. The Morgan fingerprint density at radius 2 is 1.83 bits per heavy atom. The van der Waals surface area contributed by atoms with Gasteiger partial charge in [0.2, 0.25) is 0 Å². The first-order valence-corrected chi connectivity index (χ1v) is 7.41. The van der Waals surface area contributed by atoms with Crippen LogP contribution in [0, 0.1) is 17.8 Å².